The van der Waals surface area contributed by atoms with E-state index in [1.807, 2.05) is 39.2 Å². The summed E-state index contributed by atoms with van der Waals surface area (Å²) in [5.41, 5.74) is 3.56. The summed E-state index contributed by atoms with van der Waals surface area (Å²) < 4.78 is 7.14. The van der Waals surface area contributed by atoms with Gasteiger partial charge < -0.3 is 9.64 Å². The number of benzene rings is 2. The Morgan fingerprint density at radius 1 is 1.16 bits per heavy atom. The maximum Gasteiger partial charge on any atom is 0.262 e. The topological polar surface area (TPSA) is 34.5 Å². The van der Waals surface area contributed by atoms with Crippen LogP contribution in [0.1, 0.15) is 21.6 Å². The standard InChI is InChI=1S/C20H21ClN2O2/c1-13-18(12-22(2)3)17-11-16(25-4)9-10-19(17)23(13)20(24)14-5-7-15(21)8-6-14/h5-11H,12H2,1-4H3. The molecule has 0 spiro atoms. The van der Waals surface area contributed by atoms with Gasteiger partial charge in [0.1, 0.15) is 5.75 Å². The van der Waals surface area contributed by atoms with Crippen LogP contribution in [0.4, 0.5) is 0 Å². The molecule has 0 saturated heterocycles. The van der Waals surface area contributed by atoms with Gasteiger partial charge in [-0.05, 0) is 69.0 Å². The molecule has 0 atom stereocenters. The van der Waals surface area contributed by atoms with E-state index in [-0.39, 0.29) is 5.91 Å². The molecule has 2 aromatic carbocycles. The summed E-state index contributed by atoms with van der Waals surface area (Å²) in [7, 11) is 5.68. The molecule has 0 unspecified atom stereocenters. The molecule has 0 N–H and O–H groups in total. The van der Waals surface area contributed by atoms with Gasteiger partial charge in [-0.1, -0.05) is 11.6 Å². The van der Waals surface area contributed by atoms with E-state index in [4.69, 9.17) is 16.3 Å². The largest absolute Gasteiger partial charge is 0.497 e. The van der Waals surface area contributed by atoms with Crippen molar-refractivity contribution in [2.75, 3.05) is 21.2 Å². The summed E-state index contributed by atoms with van der Waals surface area (Å²) in [6.07, 6.45) is 0. The van der Waals surface area contributed by atoms with E-state index in [0.717, 1.165) is 34.5 Å². The molecular formula is C20H21ClN2O2. The van der Waals surface area contributed by atoms with E-state index in [9.17, 15) is 4.79 Å². The number of methoxy groups -OCH3 is 1. The summed E-state index contributed by atoms with van der Waals surface area (Å²) in [4.78, 5) is 15.2. The molecule has 0 bridgehead atoms. The van der Waals surface area contributed by atoms with Crippen LogP contribution in [0.2, 0.25) is 5.02 Å². The molecule has 1 aromatic heterocycles. The van der Waals surface area contributed by atoms with Gasteiger partial charge in [0.15, 0.2) is 0 Å². The number of carbonyl (C=O) groups is 1. The van der Waals surface area contributed by atoms with Gasteiger partial charge in [-0.25, -0.2) is 0 Å². The molecule has 1 heterocycles. The Morgan fingerprint density at radius 2 is 1.84 bits per heavy atom. The predicted octanol–water partition coefficient (Wildman–Crippen LogP) is 4.36. The normalized spacial score (nSPS) is 11.3. The van der Waals surface area contributed by atoms with Crippen molar-refractivity contribution in [2.45, 2.75) is 13.5 Å². The van der Waals surface area contributed by atoms with Crippen molar-refractivity contribution in [1.29, 1.82) is 0 Å². The highest BCUT2D eigenvalue weighted by Crippen LogP contribution is 2.31. The molecule has 0 aliphatic rings. The fraction of sp³-hybridized carbons (Fsp3) is 0.250. The zero-order valence-corrected chi connectivity index (χ0v) is 15.6. The van der Waals surface area contributed by atoms with Gasteiger partial charge in [-0.3, -0.25) is 9.36 Å². The molecule has 0 saturated carbocycles. The van der Waals surface area contributed by atoms with Crippen LogP contribution in [0.5, 0.6) is 5.75 Å². The SMILES string of the molecule is COc1ccc2c(c1)c(CN(C)C)c(C)n2C(=O)c1ccc(Cl)cc1. The molecular weight excluding hydrogens is 336 g/mol. The molecule has 0 aliphatic heterocycles. The van der Waals surface area contributed by atoms with Crippen LogP contribution in [0.15, 0.2) is 42.5 Å². The fourth-order valence-electron chi connectivity index (χ4n) is 3.09. The van der Waals surface area contributed by atoms with E-state index < -0.39 is 0 Å². The first-order valence-electron chi connectivity index (χ1n) is 8.05. The van der Waals surface area contributed by atoms with E-state index in [1.165, 1.54) is 0 Å². The van der Waals surface area contributed by atoms with Gasteiger partial charge in [0.05, 0.1) is 12.6 Å². The van der Waals surface area contributed by atoms with Gasteiger partial charge in [-0.15, -0.1) is 0 Å². The number of hydrogen-bond donors (Lipinski definition) is 0. The Labute approximate surface area is 152 Å². The number of carbonyl (C=O) groups excluding carboxylic acids is 1. The van der Waals surface area contributed by atoms with E-state index >= 15 is 0 Å². The van der Waals surface area contributed by atoms with Crippen molar-refractivity contribution < 1.29 is 9.53 Å². The number of hydrogen-bond acceptors (Lipinski definition) is 3. The minimum Gasteiger partial charge on any atom is -0.497 e. The second kappa shape index (κ2) is 6.90. The molecule has 25 heavy (non-hydrogen) atoms. The van der Waals surface area contributed by atoms with Crippen molar-refractivity contribution in [3.63, 3.8) is 0 Å². The molecule has 0 aliphatic carbocycles. The Kier molecular flexibility index (Phi) is 4.84. The van der Waals surface area contributed by atoms with Gasteiger partial charge in [0, 0.05) is 28.2 Å². The molecule has 0 radical (unpaired) electrons. The van der Waals surface area contributed by atoms with Crippen molar-refractivity contribution >= 4 is 28.4 Å². The number of rotatable bonds is 4. The summed E-state index contributed by atoms with van der Waals surface area (Å²) in [5, 5.41) is 1.65. The maximum atomic E-state index is 13.1. The first-order chi connectivity index (χ1) is 11.9. The highest BCUT2D eigenvalue weighted by Gasteiger charge is 2.20. The second-order valence-corrected chi connectivity index (χ2v) is 6.77. The zero-order chi connectivity index (χ0) is 18.1. The summed E-state index contributed by atoms with van der Waals surface area (Å²) in [5.74, 6) is 0.720. The molecule has 3 aromatic rings. The summed E-state index contributed by atoms with van der Waals surface area (Å²) in [6.45, 7) is 2.73. The first kappa shape index (κ1) is 17.5. The number of nitrogens with zero attached hydrogens (tertiary/aromatic N) is 2. The number of ether oxygens (including phenoxy) is 1. The zero-order valence-electron chi connectivity index (χ0n) is 14.8. The Bertz CT molecular complexity index is 927. The number of aromatic nitrogens is 1. The third-order valence-electron chi connectivity index (χ3n) is 4.31. The van der Waals surface area contributed by atoms with Crippen LogP contribution in [0, 0.1) is 6.92 Å². The Hall–Kier alpha value is -2.30. The first-order valence-corrected chi connectivity index (χ1v) is 8.43. The van der Waals surface area contributed by atoms with Crippen molar-refractivity contribution in [1.82, 2.24) is 9.47 Å². The number of fused-ring (bicyclic) bond motifs is 1. The van der Waals surface area contributed by atoms with Crippen molar-refractivity contribution in [2.24, 2.45) is 0 Å². The molecule has 130 valence electrons. The predicted molar refractivity (Wildman–Crippen MR) is 102 cm³/mol. The lowest BCUT2D eigenvalue weighted by Gasteiger charge is -2.11. The van der Waals surface area contributed by atoms with Gasteiger partial charge in [0.2, 0.25) is 0 Å². The average Bonchev–Trinajstić information content (AvgIpc) is 2.86. The highest BCUT2D eigenvalue weighted by atomic mass is 35.5. The van der Waals surface area contributed by atoms with E-state index in [2.05, 4.69) is 4.90 Å². The lowest BCUT2D eigenvalue weighted by Crippen LogP contribution is -2.15. The lowest BCUT2D eigenvalue weighted by molar-refractivity contribution is 0.0962. The minimum atomic E-state index is -0.0608. The smallest absolute Gasteiger partial charge is 0.262 e. The molecule has 4 nitrogen and oxygen atoms in total. The van der Waals surface area contributed by atoms with E-state index in [0.29, 0.717) is 10.6 Å². The second-order valence-electron chi connectivity index (χ2n) is 6.33. The van der Waals surface area contributed by atoms with Crippen LogP contribution in [-0.4, -0.2) is 36.6 Å². The van der Waals surface area contributed by atoms with Crippen molar-refractivity contribution in [3.8, 4) is 5.75 Å². The summed E-state index contributed by atoms with van der Waals surface area (Å²) >= 11 is 5.95. The lowest BCUT2D eigenvalue weighted by atomic mass is 10.1. The van der Waals surface area contributed by atoms with E-state index in [1.54, 1.807) is 35.9 Å². The van der Waals surface area contributed by atoms with Gasteiger partial charge in [0.25, 0.3) is 5.91 Å². The average molecular weight is 357 g/mol. The van der Waals surface area contributed by atoms with Crippen LogP contribution < -0.4 is 4.74 Å². The molecule has 0 amide bonds. The monoisotopic (exact) mass is 356 g/mol. The quantitative estimate of drug-likeness (QED) is 0.696. The van der Waals surface area contributed by atoms with Crippen LogP contribution >= 0.6 is 11.6 Å². The highest BCUT2D eigenvalue weighted by molar-refractivity contribution is 6.30. The molecule has 5 heteroatoms. The fourth-order valence-corrected chi connectivity index (χ4v) is 3.21. The van der Waals surface area contributed by atoms with Crippen LogP contribution in [0.3, 0.4) is 0 Å². The van der Waals surface area contributed by atoms with Gasteiger partial charge >= 0.3 is 0 Å². The van der Waals surface area contributed by atoms with Gasteiger partial charge in [-0.2, -0.15) is 0 Å². The molecule has 3 rings (SSSR count). The van der Waals surface area contributed by atoms with Crippen molar-refractivity contribution in [3.05, 3.63) is 64.3 Å². The molecule has 0 fully saturated rings. The maximum absolute atomic E-state index is 13.1. The minimum absolute atomic E-state index is 0.0608. The third kappa shape index (κ3) is 3.28. The number of halogens is 1. The van der Waals surface area contributed by atoms with Crippen LogP contribution in [0.25, 0.3) is 10.9 Å². The third-order valence-corrected chi connectivity index (χ3v) is 4.56. The Morgan fingerprint density at radius 3 is 2.44 bits per heavy atom. The Balaban J connectivity index is 2.22. The van der Waals surface area contributed by atoms with Crippen LogP contribution in [-0.2, 0) is 6.54 Å². The summed E-state index contributed by atoms with van der Waals surface area (Å²) in [6, 6.07) is 12.8.